The molecule has 3 unspecified atom stereocenters. The first-order valence-corrected chi connectivity index (χ1v) is 13.0. The van der Waals surface area contributed by atoms with Gasteiger partial charge in [0.05, 0.1) is 17.1 Å². The molecule has 7 nitrogen and oxygen atoms in total. The average molecular weight is 480 g/mol. The molecule has 3 amide bonds. The molecule has 3 saturated carbocycles. The topological polar surface area (TPSA) is 86.8 Å². The highest BCUT2D eigenvalue weighted by molar-refractivity contribution is 7.90. The first-order chi connectivity index (χ1) is 14.8. The Bertz CT molecular complexity index is 866. The summed E-state index contributed by atoms with van der Waals surface area (Å²) in [5.41, 5.74) is -0.389. The van der Waals surface area contributed by atoms with Gasteiger partial charge in [-0.1, -0.05) is 0 Å². The number of rotatable bonds is 5. The van der Waals surface area contributed by atoms with Crippen molar-refractivity contribution in [3.05, 3.63) is 0 Å². The Labute approximate surface area is 187 Å². The molecule has 0 bridgehead atoms. The van der Waals surface area contributed by atoms with Crippen LogP contribution in [0.5, 0.6) is 0 Å². The van der Waals surface area contributed by atoms with E-state index in [4.69, 9.17) is 0 Å². The smallest absolute Gasteiger partial charge is 0.320 e. The molecule has 32 heavy (non-hydrogen) atoms. The number of hydrogen-bond acceptors (Lipinski definition) is 4. The minimum Gasteiger partial charge on any atom is -0.320 e. The molecule has 4 rings (SSSR count). The molecule has 3 aliphatic carbocycles. The van der Waals surface area contributed by atoms with Gasteiger partial charge in [0.15, 0.2) is 0 Å². The fourth-order valence-corrected chi connectivity index (χ4v) is 7.56. The summed E-state index contributed by atoms with van der Waals surface area (Å²) in [7, 11) is -2.18. The third-order valence-corrected chi connectivity index (χ3v) is 10.0. The van der Waals surface area contributed by atoms with Gasteiger partial charge < -0.3 is 4.90 Å². The van der Waals surface area contributed by atoms with Gasteiger partial charge in [-0.05, 0) is 70.6 Å². The van der Waals surface area contributed by atoms with Gasteiger partial charge in [-0.2, -0.15) is 13.2 Å². The maximum Gasteiger partial charge on any atom is 0.391 e. The highest BCUT2D eigenvalue weighted by Gasteiger charge is 2.52. The molecule has 0 spiro atoms. The lowest BCUT2D eigenvalue weighted by atomic mass is 9.78. The Hall–Kier alpha value is -1.36. The van der Waals surface area contributed by atoms with Gasteiger partial charge >= 0.3 is 12.2 Å². The molecule has 11 heteroatoms. The van der Waals surface area contributed by atoms with Crippen molar-refractivity contribution in [1.82, 2.24) is 14.5 Å². The first-order valence-electron chi connectivity index (χ1n) is 11.5. The van der Waals surface area contributed by atoms with Crippen molar-refractivity contribution in [2.45, 2.75) is 87.7 Å². The third kappa shape index (κ3) is 4.64. The molecule has 0 aromatic rings. The number of fused-ring (bicyclic) bond motifs is 1. The van der Waals surface area contributed by atoms with Crippen LogP contribution in [0.4, 0.5) is 18.0 Å². The standard InChI is InChI=1S/C21H32F3N3O4S/c1-20(9-10-20)25-32(30,31)15-7-8-17-16(11-15)18(28)26(2)19(29)27(17)12-13-3-5-14(6-4-13)21(22,23)24/h13-17,25H,3-12H2,1-2H3. The predicted octanol–water partition coefficient (Wildman–Crippen LogP) is 3.26. The number of sulfonamides is 1. The summed E-state index contributed by atoms with van der Waals surface area (Å²) >= 11 is 0. The third-order valence-electron chi connectivity index (χ3n) is 7.94. The maximum absolute atomic E-state index is 13.0. The molecule has 0 radical (unpaired) electrons. The number of nitrogens with one attached hydrogen (secondary N) is 1. The molecule has 0 aromatic carbocycles. The molecule has 1 heterocycles. The number of urea groups is 1. The number of imide groups is 1. The van der Waals surface area contributed by atoms with Crippen LogP contribution in [0.2, 0.25) is 0 Å². The number of carbonyl (C=O) groups is 2. The molecule has 1 aliphatic heterocycles. The van der Waals surface area contributed by atoms with E-state index in [1.165, 1.54) is 7.05 Å². The van der Waals surface area contributed by atoms with Crippen LogP contribution in [0, 0.1) is 17.8 Å². The van der Waals surface area contributed by atoms with Crippen molar-refractivity contribution >= 4 is 22.0 Å². The summed E-state index contributed by atoms with van der Waals surface area (Å²) in [6, 6.07) is -0.825. The second-order valence-corrected chi connectivity index (χ2v) is 12.4. The van der Waals surface area contributed by atoms with Crippen LogP contribution in [-0.2, 0) is 14.8 Å². The lowest BCUT2D eigenvalue weighted by molar-refractivity contribution is -0.184. The van der Waals surface area contributed by atoms with Crippen LogP contribution in [0.25, 0.3) is 0 Å². The van der Waals surface area contributed by atoms with Gasteiger partial charge in [0, 0.05) is 25.2 Å². The van der Waals surface area contributed by atoms with Gasteiger partial charge in [0.1, 0.15) is 0 Å². The molecular weight excluding hydrogens is 447 g/mol. The Morgan fingerprint density at radius 2 is 1.69 bits per heavy atom. The molecular formula is C21H32F3N3O4S. The van der Waals surface area contributed by atoms with Gasteiger partial charge in [-0.15, -0.1) is 0 Å². The van der Waals surface area contributed by atoms with E-state index in [-0.39, 0.29) is 36.6 Å². The average Bonchev–Trinajstić information content (AvgIpc) is 3.44. The van der Waals surface area contributed by atoms with Crippen LogP contribution in [0.1, 0.15) is 64.7 Å². The van der Waals surface area contributed by atoms with Crippen LogP contribution in [-0.4, -0.2) is 66.8 Å². The summed E-state index contributed by atoms with van der Waals surface area (Å²) in [6.07, 6.45) is -0.775. The van der Waals surface area contributed by atoms with Crippen molar-refractivity contribution in [2.24, 2.45) is 17.8 Å². The van der Waals surface area contributed by atoms with Crippen LogP contribution < -0.4 is 4.72 Å². The molecule has 182 valence electrons. The Kier molecular flexibility index (Phi) is 6.05. The zero-order chi connectivity index (χ0) is 23.5. The molecule has 1 saturated heterocycles. The van der Waals surface area contributed by atoms with E-state index >= 15 is 0 Å². The van der Waals surface area contributed by atoms with E-state index in [2.05, 4.69) is 4.72 Å². The molecule has 0 aromatic heterocycles. The second kappa shape index (κ2) is 8.14. The summed E-state index contributed by atoms with van der Waals surface area (Å²) in [5, 5.41) is -0.684. The van der Waals surface area contributed by atoms with Crippen molar-refractivity contribution in [1.29, 1.82) is 0 Å². The SMILES string of the molecule is CN1C(=O)C2CC(S(=O)(=O)NC3(C)CC3)CCC2N(CC2CCC(C(F)(F)F)CC2)C1=O. The van der Waals surface area contributed by atoms with Gasteiger partial charge in [0.2, 0.25) is 15.9 Å². The summed E-state index contributed by atoms with van der Waals surface area (Å²) in [6.45, 7) is 2.18. The Morgan fingerprint density at radius 3 is 2.25 bits per heavy atom. The maximum atomic E-state index is 13.0. The Balaban J connectivity index is 1.44. The number of carbonyl (C=O) groups excluding carboxylic acids is 2. The zero-order valence-electron chi connectivity index (χ0n) is 18.5. The lowest BCUT2D eigenvalue weighted by Gasteiger charge is -2.48. The van der Waals surface area contributed by atoms with Crippen LogP contribution >= 0.6 is 0 Å². The van der Waals surface area contributed by atoms with Gasteiger partial charge in [-0.25, -0.2) is 17.9 Å². The number of amides is 3. The summed E-state index contributed by atoms with van der Waals surface area (Å²) in [5.74, 6) is -2.30. The van der Waals surface area contributed by atoms with E-state index in [1.54, 1.807) is 4.90 Å². The second-order valence-electron chi connectivity index (χ2n) is 10.4. The van der Waals surface area contributed by atoms with Crippen LogP contribution in [0.3, 0.4) is 0 Å². The van der Waals surface area contributed by atoms with Gasteiger partial charge in [0.25, 0.3) is 0 Å². The number of alkyl halides is 3. The molecule has 1 N–H and O–H groups in total. The van der Waals surface area contributed by atoms with E-state index in [0.717, 1.165) is 17.7 Å². The minimum atomic E-state index is -4.18. The first kappa shape index (κ1) is 23.8. The number of hydrogen-bond donors (Lipinski definition) is 1. The normalized spacial score (nSPS) is 35.6. The molecule has 3 atom stereocenters. The van der Waals surface area contributed by atoms with Crippen molar-refractivity contribution in [3.63, 3.8) is 0 Å². The van der Waals surface area contributed by atoms with E-state index in [1.807, 2.05) is 6.92 Å². The number of nitrogens with zero attached hydrogens (tertiary/aromatic N) is 2. The fourth-order valence-electron chi connectivity index (χ4n) is 5.59. The minimum absolute atomic E-state index is 0.0438. The fraction of sp³-hybridized carbons (Fsp3) is 0.905. The van der Waals surface area contributed by atoms with Gasteiger partial charge in [-0.3, -0.25) is 9.69 Å². The van der Waals surface area contributed by atoms with E-state index in [0.29, 0.717) is 32.2 Å². The Morgan fingerprint density at radius 1 is 1.06 bits per heavy atom. The highest BCUT2D eigenvalue weighted by Crippen LogP contribution is 2.42. The van der Waals surface area contributed by atoms with Crippen molar-refractivity contribution in [2.75, 3.05) is 13.6 Å². The highest BCUT2D eigenvalue weighted by atomic mass is 32.2. The van der Waals surface area contributed by atoms with Crippen molar-refractivity contribution < 1.29 is 31.2 Å². The number of halogens is 3. The van der Waals surface area contributed by atoms with E-state index in [9.17, 15) is 31.2 Å². The van der Waals surface area contributed by atoms with Crippen LogP contribution in [0.15, 0.2) is 0 Å². The molecule has 4 aliphatic rings. The van der Waals surface area contributed by atoms with E-state index < -0.39 is 45.4 Å². The largest absolute Gasteiger partial charge is 0.391 e. The monoisotopic (exact) mass is 479 g/mol. The zero-order valence-corrected chi connectivity index (χ0v) is 19.3. The quantitative estimate of drug-likeness (QED) is 0.656. The lowest BCUT2D eigenvalue weighted by Crippen LogP contribution is -2.63. The summed E-state index contributed by atoms with van der Waals surface area (Å²) < 4.78 is 67.5. The van der Waals surface area contributed by atoms with Crippen molar-refractivity contribution in [3.8, 4) is 0 Å². The predicted molar refractivity (Wildman–Crippen MR) is 111 cm³/mol. The summed E-state index contributed by atoms with van der Waals surface area (Å²) in [4.78, 5) is 28.4. The molecule has 4 fully saturated rings.